The second-order valence-corrected chi connectivity index (χ2v) is 10.9. The van der Waals surface area contributed by atoms with Gasteiger partial charge in [-0.2, -0.15) is 0 Å². The molecule has 1 rings (SSSR count). The highest BCUT2D eigenvalue weighted by atomic mass is 31.2. The molecule has 1 amide bonds. The minimum absolute atomic E-state index is 0.0215. The minimum Gasteiger partial charge on any atom is -0.337 e. The first-order valence-corrected chi connectivity index (χ1v) is 12.3. The summed E-state index contributed by atoms with van der Waals surface area (Å²) in [4.78, 5) is 14.8. The lowest BCUT2D eigenvalue weighted by Gasteiger charge is -2.32. The van der Waals surface area contributed by atoms with Gasteiger partial charge in [-0.05, 0) is 34.1 Å². The molecule has 26 heavy (non-hydrogen) atoms. The Morgan fingerprint density at radius 3 is 2.00 bits per heavy atom. The number of carbonyl (C=O) groups excluding carboxylic acids is 1. The Kier molecular flexibility index (Phi) is 10.2. The summed E-state index contributed by atoms with van der Waals surface area (Å²) in [7, 11) is -2.71. The van der Waals surface area contributed by atoms with Crippen molar-refractivity contribution in [2.45, 2.75) is 85.2 Å². The van der Waals surface area contributed by atoms with Crippen molar-refractivity contribution in [1.29, 1.82) is 0 Å². The molecule has 0 spiro atoms. The van der Waals surface area contributed by atoms with E-state index in [0.29, 0.717) is 6.16 Å². The Morgan fingerprint density at radius 2 is 1.46 bits per heavy atom. The number of hydrogen-bond acceptors (Lipinski definition) is 2. The molecule has 0 radical (unpaired) electrons. The van der Waals surface area contributed by atoms with Crippen LogP contribution in [0.25, 0.3) is 0 Å². The molecular weight excluding hydrogens is 341 g/mol. The molecule has 4 heteroatoms. The summed E-state index contributed by atoms with van der Waals surface area (Å²) in [6.07, 6.45) is 7.78. The molecule has 1 aromatic rings. The van der Waals surface area contributed by atoms with Crippen LogP contribution in [0.5, 0.6) is 0 Å². The van der Waals surface area contributed by atoms with Gasteiger partial charge < -0.3 is 9.46 Å². The lowest BCUT2D eigenvalue weighted by atomic mass is 10.1. The maximum atomic E-state index is 13.8. The van der Waals surface area contributed by atoms with Gasteiger partial charge in [0.2, 0.25) is 5.91 Å². The topological polar surface area (TPSA) is 37.4 Å². The smallest absolute Gasteiger partial charge is 0.230 e. The summed E-state index contributed by atoms with van der Waals surface area (Å²) in [6.45, 7) is 10.3. The van der Waals surface area contributed by atoms with Gasteiger partial charge in [0.15, 0.2) is 0 Å². The molecule has 1 unspecified atom stereocenters. The Bertz CT molecular complexity index is 561. The normalized spacial score (nSPS) is 13.8. The van der Waals surface area contributed by atoms with Crippen LogP contribution in [-0.4, -0.2) is 35.2 Å². The highest BCUT2D eigenvalue weighted by Crippen LogP contribution is 2.45. The van der Waals surface area contributed by atoms with E-state index in [9.17, 15) is 9.36 Å². The van der Waals surface area contributed by atoms with Crippen molar-refractivity contribution in [2.24, 2.45) is 0 Å². The molecule has 0 aromatic heterocycles. The first kappa shape index (κ1) is 23.0. The quantitative estimate of drug-likeness (QED) is 0.346. The van der Waals surface area contributed by atoms with E-state index in [-0.39, 0.29) is 24.2 Å². The molecule has 148 valence electrons. The Hall–Kier alpha value is -1.08. The van der Waals surface area contributed by atoms with Crippen molar-refractivity contribution in [3.63, 3.8) is 0 Å². The zero-order valence-corrected chi connectivity index (χ0v) is 18.3. The minimum atomic E-state index is -2.71. The van der Waals surface area contributed by atoms with Gasteiger partial charge in [0.1, 0.15) is 7.14 Å². The number of hydrogen-bond donors (Lipinski definition) is 0. The van der Waals surface area contributed by atoms with E-state index >= 15 is 0 Å². The summed E-state index contributed by atoms with van der Waals surface area (Å²) < 4.78 is 13.8. The molecule has 0 aliphatic carbocycles. The molecule has 0 fully saturated rings. The number of carbonyl (C=O) groups is 1. The van der Waals surface area contributed by atoms with Gasteiger partial charge >= 0.3 is 0 Å². The fourth-order valence-electron chi connectivity index (χ4n) is 3.62. The zero-order chi connectivity index (χ0) is 19.6. The number of unbranched alkanes of at least 4 members (excludes halogenated alkanes) is 5. The van der Waals surface area contributed by atoms with E-state index in [1.807, 2.05) is 62.9 Å². The first-order valence-electron chi connectivity index (χ1n) is 10.3. The molecule has 1 aromatic carbocycles. The average molecular weight is 380 g/mol. The maximum absolute atomic E-state index is 13.8. The zero-order valence-electron chi connectivity index (χ0n) is 17.4. The van der Waals surface area contributed by atoms with Crippen molar-refractivity contribution in [3.8, 4) is 0 Å². The third-order valence-corrected chi connectivity index (χ3v) is 7.95. The van der Waals surface area contributed by atoms with Crippen LogP contribution in [0.1, 0.15) is 73.1 Å². The highest BCUT2D eigenvalue weighted by molar-refractivity contribution is 7.72. The SMILES string of the molecule is CCCCCCCCP(=O)(CC(=O)N(C(C)C)C(C)C)c1ccccc1. The van der Waals surface area contributed by atoms with Crippen molar-refractivity contribution in [2.75, 3.05) is 12.3 Å². The van der Waals surface area contributed by atoms with Crippen LogP contribution < -0.4 is 5.30 Å². The molecule has 0 aliphatic rings. The lowest BCUT2D eigenvalue weighted by Crippen LogP contribution is -2.44. The van der Waals surface area contributed by atoms with Gasteiger partial charge in [0.25, 0.3) is 0 Å². The van der Waals surface area contributed by atoms with E-state index in [2.05, 4.69) is 6.92 Å². The summed E-state index contributed by atoms with van der Waals surface area (Å²) in [5, 5.41) is 0.856. The van der Waals surface area contributed by atoms with E-state index < -0.39 is 7.14 Å². The summed E-state index contributed by atoms with van der Waals surface area (Å²) in [5.41, 5.74) is 0. The summed E-state index contributed by atoms with van der Waals surface area (Å²) in [6, 6.07) is 9.91. The summed E-state index contributed by atoms with van der Waals surface area (Å²) in [5.74, 6) is 0.0215. The largest absolute Gasteiger partial charge is 0.337 e. The molecule has 0 saturated heterocycles. The van der Waals surface area contributed by atoms with Crippen LogP contribution in [-0.2, 0) is 9.36 Å². The van der Waals surface area contributed by atoms with Crippen molar-refractivity contribution >= 4 is 18.4 Å². The monoisotopic (exact) mass is 379 g/mol. The number of nitrogens with zero attached hydrogens (tertiary/aromatic N) is 1. The van der Waals surface area contributed by atoms with Crippen LogP contribution in [0, 0.1) is 0 Å². The highest BCUT2D eigenvalue weighted by Gasteiger charge is 2.31. The van der Waals surface area contributed by atoms with E-state index in [1.54, 1.807) is 0 Å². The Balaban J connectivity index is 2.85. The van der Waals surface area contributed by atoms with Gasteiger partial charge in [0, 0.05) is 23.6 Å². The van der Waals surface area contributed by atoms with E-state index in [0.717, 1.165) is 18.1 Å². The molecule has 0 bridgehead atoms. The summed E-state index contributed by atoms with van der Waals surface area (Å²) >= 11 is 0. The van der Waals surface area contributed by atoms with Crippen LogP contribution in [0.3, 0.4) is 0 Å². The van der Waals surface area contributed by atoms with Crippen LogP contribution in [0.4, 0.5) is 0 Å². The number of rotatable bonds is 12. The van der Waals surface area contributed by atoms with Gasteiger partial charge in [-0.1, -0.05) is 69.4 Å². The Labute approximate surface area is 160 Å². The maximum Gasteiger partial charge on any atom is 0.230 e. The fraction of sp³-hybridized carbons (Fsp3) is 0.682. The first-order chi connectivity index (χ1) is 12.3. The molecule has 0 saturated carbocycles. The second kappa shape index (κ2) is 11.6. The standard InChI is InChI=1S/C22H38NO2P/c1-6-7-8-9-10-14-17-26(25,21-15-12-11-13-16-21)18-22(24)23(19(2)3)20(4)5/h11-13,15-16,19-20H,6-10,14,17-18H2,1-5H3. The third-order valence-electron chi connectivity index (χ3n) is 4.89. The predicted molar refractivity (Wildman–Crippen MR) is 114 cm³/mol. The van der Waals surface area contributed by atoms with Crippen molar-refractivity contribution < 1.29 is 9.36 Å². The van der Waals surface area contributed by atoms with E-state index in [4.69, 9.17) is 0 Å². The van der Waals surface area contributed by atoms with E-state index in [1.165, 1.54) is 25.7 Å². The average Bonchev–Trinajstić information content (AvgIpc) is 2.58. The van der Waals surface area contributed by atoms with Crippen LogP contribution in [0.15, 0.2) is 30.3 Å². The second-order valence-electron chi connectivity index (χ2n) is 7.86. The fourth-order valence-corrected chi connectivity index (χ4v) is 6.27. The number of benzene rings is 1. The van der Waals surface area contributed by atoms with Crippen molar-refractivity contribution in [1.82, 2.24) is 4.90 Å². The predicted octanol–water partition coefficient (Wildman–Crippen LogP) is 5.68. The molecule has 0 heterocycles. The molecule has 0 aliphatic heterocycles. The van der Waals surface area contributed by atoms with Gasteiger partial charge in [-0.25, -0.2) is 0 Å². The Morgan fingerprint density at radius 1 is 0.923 bits per heavy atom. The molecule has 3 nitrogen and oxygen atoms in total. The van der Waals surface area contributed by atoms with Gasteiger partial charge in [0.05, 0.1) is 6.16 Å². The number of amides is 1. The molecule has 0 N–H and O–H groups in total. The molecular formula is C22H38NO2P. The van der Waals surface area contributed by atoms with Crippen molar-refractivity contribution in [3.05, 3.63) is 30.3 Å². The molecule has 1 atom stereocenters. The lowest BCUT2D eigenvalue weighted by molar-refractivity contribution is -0.131. The van der Waals surface area contributed by atoms with Gasteiger partial charge in [-0.3, -0.25) is 4.79 Å². The van der Waals surface area contributed by atoms with Crippen LogP contribution >= 0.6 is 7.14 Å². The van der Waals surface area contributed by atoms with Gasteiger partial charge in [-0.15, -0.1) is 0 Å². The van der Waals surface area contributed by atoms with Crippen LogP contribution in [0.2, 0.25) is 0 Å². The third kappa shape index (κ3) is 7.27.